The summed E-state index contributed by atoms with van der Waals surface area (Å²) in [6, 6.07) is 14.3. The van der Waals surface area contributed by atoms with Crippen LogP contribution >= 0.6 is 45.8 Å². The molecule has 2 aromatic carbocycles. The second-order valence-electron chi connectivity index (χ2n) is 4.85. The molecule has 100 valence electrons. The second-order valence-corrected chi connectivity index (χ2v) is 6.88. The van der Waals surface area contributed by atoms with Gasteiger partial charge in [-0.05, 0) is 63.4 Å². The molecule has 19 heavy (non-hydrogen) atoms. The Hall–Kier alpha value is -0.250. The highest BCUT2D eigenvalue weighted by molar-refractivity contribution is 14.1. The van der Waals surface area contributed by atoms with Crippen molar-refractivity contribution in [3.8, 4) is 0 Å². The van der Waals surface area contributed by atoms with E-state index in [-0.39, 0.29) is 5.38 Å². The van der Waals surface area contributed by atoms with Gasteiger partial charge in [0.15, 0.2) is 0 Å². The predicted molar refractivity (Wildman–Crippen MR) is 92.4 cm³/mol. The van der Waals surface area contributed by atoms with Crippen LogP contribution in [0.4, 0.5) is 0 Å². The summed E-state index contributed by atoms with van der Waals surface area (Å²) < 4.78 is 1.13. The third kappa shape index (κ3) is 3.65. The van der Waals surface area contributed by atoms with Crippen molar-refractivity contribution in [1.82, 2.24) is 0 Å². The summed E-state index contributed by atoms with van der Waals surface area (Å²) in [7, 11) is 0. The summed E-state index contributed by atoms with van der Waals surface area (Å²) in [4.78, 5) is 0. The zero-order valence-electron chi connectivity index (χ0n) is 10.8. The fraction of sp³-hybridized carbons (Fsp3) is 0.250. The molecule has 1 unspecified atom stereocenters. The van der Waals surface area contributed by atoms with Crippen LogP contribution in [0.2, 0.25) is 5.02 Å². The van der Waals surface area contributed by atoms with Crippen LogP contribution in [0.3, 0.4) is 0 Å². The summed E-state index contributed by atoms with van der Waals surface area (Å²) in [5.74, 6) is 0.536. The fourth-order valence-corrected chi connectivity index (χ4v) is 3.28. The first-order valence-corrected chi connectivity index (χ1v) is 8.07. The Bertz CT molecular complexity index is 561. The van der Waals surface area contributed by atoms with Crippen molar-refractivity contribution in [3.63, 3.8) is 0 Å². The van der Waals surface area contributed by atoms with E-state index in [1.807, 2.05) is 18.2 Å². The Morgan fingerprint density at radius 2 is 1.53 bits per heavy atom. The Labute approximate surface area is 138 Å². The van der Waals surface area contributed by atoms with E-state index >= 15 is 0 Å². The highest BCUT2D eigenvalue weighted by Crippen LogP contribution is 2.34. The molecule has 0 amide bonds. The third-order valence-electron chi connectivity index (χ3n) is 3.13. The van der Waals surface area contributed by atoms with E-state index in [1.54, 1.807) is 0 Å². The van der Waals surface area contributed by atoms with Crippen LogP contribution in [-0.4, -0.2) is 0 Å². The maximum absolute atomic E-state index is 6.58. The average molecular weight is 405 g/mol. The van der Waals surface area contributed by atoms with E-state index in [9.17, 15) is 0 Å². The topological polar surface area (TPSA) is 0 Å². The molecule has 0 aliphatic rings. The van der Waals surface area contributed by atoms with Gasteiger partial charge in [0.25, 0.3) is 0 Å². The monoisotopic (exact) mass is 404 g/mol. The predicted octanol–water partition coefficient (Wildman–Crippen LogP) is 6.40. The molecule has 0 aromatic heterocycles. The van der Waals surface area contributed by atoms with Gasteiger partial charge in [0.05, 0.1) is 5.38 Å². The molecule has 0 saturated carbocycles. The van der Waals surface area contributed by atoms with Crippen molar-refractivity contribution in [2.24, 2.45) is 0 Å². The van der Waals surface area contributed by atoms with Crippen LogP contribution in [0.15, 0.2) is 42.5 Å². The maximum Gasteiger partial charge on any atom is 0.0846 e. The van der Waals surface area contributed by atoms with Crippen molar-refractivity contribution in [2.45, 2.75) is 25.1 Å². The van der Waals surface area contributed by atoms with E-state index in [2.05, 4.69) is 60.7 Å². The largest absolute Gasteiger partial charge is 0.113 e. The number of hydrogen-bond donors (Lipinski definition) is 0. The standard InChI is InChI=1S/C16H15Cl2I/c1-10(2)11-3-5-12(6-4-11)16(18)14-9-13(17)7-8-15(14)19/h3-10,16H,1-2H3. The molecule has 0 aliphatic heterocycles. The van der Waals surface area contributed by atoms with Gasteiger partial charge in [0.2, 0.25) is 0 Å². The van der Waals surface area contributed by atoms with Gasteiger partial charge in [-0.1, -0.05) is 49.7 Å². The number of halogens is 3. The Morgan fingerprint density at radius 1 is 0.947 bits per heavy atom. The lowest BCUT2D eigenvalue weighted by atomic mass is 9.98. The van der Waals surface area contributed by atoms with E-state index in [4.69, 9.17) is 23.2 Å². The molecule has 2 aromatic rings. The van der Waals surface area contributed by atoms with Gasteiger partial charge in [0.1, 0.15) is 0 Å². The quantitative estimate of drug-likeness (QED) is 0.410. The van der Waals surface area contributed by atoms with Crippen LogP contribution in [0.5, 0.6) is 0 Å². The Balaban J connectivity index is 2.33. The molecule has 0 heterocycles. The van der Waals surface area contributed by atoms with Crippen LogP contribution in [0, 0.1) is 3.57 Å². The molecule has 0 radical (unpaired) electrons. The van der Waals surface area contributed by atoms with Crippen molar-refractivity contribution < 1.29 is 0 Å². The smallest absolute Gasteiger partial charge is 0.0846 e. The molecule has 0 aliphatic carbocycles. The summed E-state index contributed by atoms with van der Waals surface area (Å²) in [6.45, 7) is 4.38. The van der Waals surface area contributed by atoms with Gasteiger partial charge in [-0.2, -0.15) is 0 Å². The van der Waals surface area contributed by atoms with Gasteiger partial charge >= 0.3 is 0 Å². The van der Waals surface area contributed by atoms with Gasteiger partial charge in [-0.25, -0.2) is 0 Å². The minimum absolute atomic E-state index is 0.160. The van der Waals surface area contributed by atoms with Crippen LogP contribution < -0.4 is 0 Å². The molecule has 0 bridgehead atoms. The molecule has 2 rings (SSSR count). The maximum atomic E-state index is 6.58. The third-order valence-corrected chi connectivity index (χ3v) is 4.83. The number of hydrogen-bond acceptors (Lipinski definition) is 0. The summed E-state index contributed by atoms with van der Waals surface area (Å²) in [5.41, 5.74) is 3.49. The van der Waals surface area contributed by atoms with Crippen LogP contribution in [0.25, 0.3) is 0 Å². The van der Waals surface area contributed by atoms with Gasteiger partial charge < -0.3 is 0 Å². The number of alkyl halides is 1. The van der Waals surface area contributed by atoms with Crippen molar-refractivity contribution in [3.05, 3.63) is 67.7 Å². The minimum atomic E-state index is -0.160. The molecular weight excluding hydrogens is 390 g/mol. The van der Waals surface area contributed by atoms with Crippen molar-refractivity contribution >= 4 is 45.8 Å². The molecule has 3 heteroatoms. The number of benzene rings is 2. The van der Waals surface area contributed by atoms with Crippen molar-refractivity contribution in [2.75, 3.05) is 0 Å². The highest BCUT2D eigenvalue weighted by atomic mass is 127. The summed E-state index contributed by atoms with van der Waals surface area (Å²) in [5, 5.41) is 0.562. The molecular formula is C16H15Cl2I. The van der Waals surface area contributed by atoms with Gasteiger partial charge in [-0.3, -0.25) is 0 Å². The van der Waals surface area contributed by atoms with E-state index in [0.717, 1.165) is 19.7 Å². The Morgan fingerprint density at radius 3 is 2.11 bits per heavy atom. The van der Waals surface area contributed by atoms with Gasteiger partial charge in [0, 0.05) is 8.59 Å². The van der Waals surface area contributed by atoms with E-state index in [0.29, 0.717) is 5.92 Å². The van der Waals surface area contributed by atoms with E-state index < -0.39 is 0 Å². The lowest BCUT2D eigenvalue weighted by Crippen LogP contribution is -1.97. The summed E-state index contributed by atoms with van der Waals surface area (Å²) >= 11 is 14.9. The molecule has 0 spiro atoms. The minimum Gasteiger partial charge on any atom is -0.113 e. The fourth-order valence-electron chi connectivity index (χ4n) is 1.94. The molecule has 0 fully saturated rings. The molecule has 0 saturated heterocycles. The highest BCUT2D eigenvalue weighted by Gasteiger charge is 2.14. The normalized spacial score (nSPS) is 12.7. The van der Waals surface area contributed by atoms with Crippen molar-refractivity contribution in [1.29, 1.82) is 0 Å². The second kappa shape index (κ2) is 6.47. The first kappa shape index (κ1) is 15.1. The zero-order valence-corrected chi connectivity index (χ0v) is 14.5. The first-order valence-electron chi connectivity index (χ1n) is 6.18. The molecule has 1 atom stereocenters. The van der Waals surface area contributed by atoms with Gasteiger partial charge in [-0.15, -0.1) is 11.6 Å². The lowest BCUT2D eigenvalue weighted by molar-refractivity contribution is 0.865. The summed E-state index contributed by atoms with van der Waals surface area (Å²) in [6.07, 6.45) is 0. The molecule has 0 N–H and O–H groups in total. The lowest BCUT2D eigenvalue weighted by Gasteiger charge is -2.14. The number of rotatable bonds is 3. The molecule has 0 nitrogen and oxygen atoms in total. The van der Waals surface area contributed by atoms with Crippen LogP contribution in [-0.2, 0) is 0 Å². The average Bonchev–Trinajstić information content (AvgIpc) is 2.41. The van der Waals surface area contributed by atoms with E-state index in [1.165, 1.54) is 5.56 Å². The first-order chi connectivity index (χ1) is 8.99. The van der Waals surface area contributed by atoms with Crippen LogP contribution in [0.1, 0.15) is 41.8 Å². The SMILES string of the molecule is CC(C)c1ccc(C(Cl)c2cc(Cl)ccc2I)cc1. The zero-order chi connectivity index (χ0) is 14.0. The Kier molecular flexibility index (Phi) is 5.15.